The minimum absolute atomic E-state index is 0.00755. The van der Waals surface area contributed by atoms with E-state index in [2.05, 4.69) is 4.72 Å². The Morgan fingerprint density at radius 1 is 1.00 bits per heavy atom. The zero-order valence-corrected chi connectivity index (χ0v) is 19.1. The first-order chi connectivity index (χ1) is 15.2. The second-order valence-corrected chi connectivity index (χ2v) is 10.0. The maximum atomic E-state index is 14.2. The lowest BCUT2D eigenvalue weighted by atomic mass is 10.1. The number of carbonyl (C=O) groups is 1. The second kappa shape index (κ2) is 9.10. The second-order valence-electron chi connectivity index (χ2n) is 7.50. The van der Waals surface area contributed by atoms with E-state index in [-0.39, 0.29) is 34.0 Å². The number of benzene rings is 3. The molecule has 0 radical (unpaired) electrons. The molecule has 0 heterocycles. The largest absolute Gasteiger partial charge is 0.331 e. The SMILES string of the molecule is O=C(c1ccc(S(=O)(=O)Nc2ccc(Cl)cc2)cc1)N(Cc1c(F)cccc1Cl)C1CC1. The highest BCUT2D eigenvalue weighted by molar-refractivity contribution is 7.92. The molecule has 1 aliphatic carbocycles. The molecule has 32 heavy (non-hydrogen) atoms. The van der Waals surface area contributed by atoms with Crippen molar-refractivity contribution in [3.8, 4) is 0 Å². The molecule has 0 bridgehead atoms. The van der Waals surface area contributed by atoms with Gasteiger partial charge in [-0.3, -0.25) is 9.52 Å². The number of hydrogen-bond acceptors (Lipinski definition) is 3. The Morgan fingerprint density at radius 2 is 1.66 bits per heavy atom. The van der Waals surface area contributed by atoms with Gasteiger partial charge >= 0.3 is 0 Å². The molecule has 0 unspecified atom stereocenters. The number of nitrogens with zero attached hydrogens (tertiary/aromatic N) is 1. The zero-order chi connectivity index (χ0) is 22.9. The number of sulfonamides is 1. The third-order valence-electron chi connectivity index (χ3n) is 5.15. The van der Waals surface area contributed by atoms with Crippen molar-refractivity contribution in [1.82, 2.24) is 4.90 Å². The third kappa shape index (κ3) is 5.06. The van der Waals surface area contributed by atoms with Gasteiger partial charge in [-0.2, -0.15) is 0 Å². The Balaban J connectivity index is 1.53. The van der Waals surface area contributed by atoms with Crippen molar-refractivity contribution in [2.75, 3.05) is 4.72 Å². The van der Waals surface area contributed by atoms with Crippen molar-refractivity contribution in [2.45, 2.75) is 30.3 Å². The lowest BCUT2D eigenvalue weighted by Crippen LogP contribution is -2.33. The fourth-order valence-corrected chi connectivity index (χ4v) is 4.69. The molecular weight excluding hydrogens is 474 g/mol. The Morgan fingerprint density at radius 3 is 2.25 bits per heavy atom. The van der Waals surface area contributed by atoms with Crippen LogP contribution < -0.4 is 4.72 Å². The first-order valence-electron chi connectivity index (χ1n) is 9.87. The van der Waals surface area contributed by atoms with E-state index in [1.807, 2.05) is 0 Å². The molecule has 1 aliphatic rings. The molecule has 3 aromatic rings. The minimum Gasteiger partial charge on any atom is -0.331 e. The lowest BCUT2D eigenvalue weighted by molar-refractivity contribution is 0.0728. The summed E-state index contributed by atoms with van der Waals surface area (Å²) in [4.78, 5) is 14.7. The number of carbonyl (C=O) groups excluding carboxylic acids is 1. The van der Waals surface area contributed by atoms with Crippen LogP contribution in [0.3, 0.4) is 0 Å². The number of rotatable bonds is 7. The molecule has 0 spiro atoms. The standard InChI is InChI=1S/C23H19Cl2FN2O3S/c24-16-6-8-17(9-7-16)27-32(30,31)19-12-4-15(5-13-19)23(29)28(18-10-11-18)14-20-21(25)2-1-3-22(20)26/h1-9,12-13,18,27H,10-11,14H2. The molecule has 1 saturated carbocycles. The van der Waals surface area contributed by atoms with Gasteiger partial charge in [-0.25, -0.2) is 12.8 Å². The molecule has 4 rings (SSSR count). The summed E-state index contributed by atoms with van der Waals surface area (Å²) in [5, 5.41) is 0.755. The Bertz CT molecular complexity index is 1220. The van der Waals surface area contributed by atoms with Gasteiger partial charge < -0.3 is 4.90 Å². The van der Waals surface area contributed by atoms with E-state index >= 15 is 0 Å². The predicted octanol–water partition coefficient (Wildman–Crippen LogP) is 5.74. The van der Waals surface area contributed by atoms with Crippen LogP contribution in [0.4, 0.5) is 10.1 Å². The lowest BCUT2D eigenvalue weighted by Gasteiger charge is -2.23. The predicted molar refractivity (Wildman–Crippen MR) is 123 cm³/mol. The highest BCUT2D eigenvalue weighted by Crippen LogP contribution is 2.32. The summed E-state index contributed by atoms with van der Waals surface area (Å²) in [6.07, 6.45) is 1.66. The van der Waals surface area contributed by atoms with Crippen molar-refractivity contribution in [2.24, 2.45) is 0 Å². The number of nitrogens with one attached hydrogen (secondary N) is 1. The Hall–Kier alpha value is -2.61. The van der Waals surface area contributed by atoms with Crippen LogP contribution in [0.1, 0.15) is 28.8 Å². The van der Waals surface area contributed by atoms with Crippen molar-refractivity contribution in [3.63, 3.8) is 0 Å². The van der Waals surface area contributed by atoms with Crippen LogP contribution >= 0.6 is 23.2 Å². The summed E-state index contributed by atoms with van der Waals surface area (Å²) in [5.41, 5.74) is 0.951. The highest BCUT2D eigenvalue weighted by Gasteiger charge is 2.34. The van der Waals surface area contributed by atoms with Gasteiger partial charge in [0.1, 0.15) is 5.82 Å². The van der Waals surface area contributed by atoms with E-state index in [1.54, 1.807) is 35.2 Å². The Labute approximate surface area is 195 Å². The topological polar surface area (TPSA) is 66.5 Å². The first-order valence-corrected chi connectivity index (χ1v) is 12.1. The summed E-state index contributed by atoms with van der Waals surface area (Å²) in [6, 6.07) is 16.3. The quantitative estimate of drug-likeness (QED) is 0.457. The Kier molecular flexibility index (Phi) is 6.42. The molecule has 3 aromatic carbocycles. The molecule has 0 atom stereocenters. The molecular formula is C23H19Cl2FN2O3S. The number of anilines is 1. The smallest absolute Gasteiger partial charge is 0.261 e. The fraction of sp³-hybridized carbons (Fsp3) is 0.174. The normalized spacial score (nSPS) is 13.6. The molecule has 0 aromatic heterocycles. The van der Waals surface area contributed by atoms with Gasteiger partial charge in [0.05, 0.1) is 11.4 Å². The van der Waals surface area contributed by atoms with E-state index in [9.17, 15) is 17.6 Å². The van der Waals surface area contributed by atoms with Crippen LogP contribution in [0.5, 0.6) is 0 Å². The average molecular weight is 493 g/mol. The molecule has 1 N–H and O–H groups in total. The third-order valence-corrected chi connectivity index (χ3v) is 7.15. The van der Waals surface area contributed by atoms with Gasteiger partial charge in [0.2, 0.25) is 0 Å². The van der Waals surface area contributed by atoms with E-state index in [1.165, 1.54) is 36.4 Å². The van der Waals surface area contributed by atoms with Crippen LogP contribution in [-0.2, 0) is 16.6 Å². The fourth-order valence-electron chi connectivity index (χ4n) is 3.28. The van der Waals surface area contributed by atoms with Gasteiger partial charge in [-0.1, -0.05) is 29.3 Å². The van der Waals surface area contributed by atoms with Gasteiger partial charge in [-0.15, -0.1) is 0 Å². The zero-order valence-electron chi connectivity index (χ0n) is 16.8. The van der Waals surface area contributed by atoms with Crippen molar-refractivity contribution < 1.29 is 17.6 Å². The van der Waals surface area contributed by atoms with Gasteiger partial charge in [0, 0.05) is 32.9 Å². The summed E-state index contributed by atoms with van der Waals surface area (Å²) in [5.74, 6) is -0.771. The molecule has 9 heteroatoms. The summed E-state index contributed by atoms with van der Waals surface area (Å²) < 4.78 is 42.0. The number of amides is 1. The molecule has 0 saturated heterocycles. The van der Waals surface area contributed by atoms with Crippen LogP contribution in [0.15, 0.2) is 71.6 Å². The van der Waals surface area contributed by atoms with Crippen LogP contribution in [0.2, 0.25) is 10.0 Å². The molecule has 1 amide bonds. The maximum Gasteiger partial charge on any atom is 0.261 e. The molecule has 1 fully saturated rings. The van der Waals surface area contributed by atoms with E-state index in [0.29, 0.717) is 16.3 Å². The van der Waals surface area contributed by atoms with Crippen molar-refractivity contribution in [3.05, 3.63) is 93.7 Å². The van der Waals surface area contributed by atoms with Crippen molar-refractivity contribution >= 4 is 44.8 Å². The van der Waals surface area contributed by atoms with Crippen LogP contribution in [-0.4, -0.2) is 25.3 Å². The van der Waals surface area contributed by atoms with E-state index in [4.69, 9.17) is 23.2 Å². The molecule has 0 aliphatic heterocycles. The summed E-state index contributed by atoms with van der Waals surface area (Å²) >= 11 is 12.0. The van der Waals surface area contributed by atoms with E-state index < -0.39 is 15.8 Å². The number of hydrogen-bond donors (Lipinski definition) is 1. The molecule has 5 nitrogen and oxygen atoms in total. The van der Waals surface area contributed by atoms with Crippen LogP contribution in [0.25, 0.3) is 0 Å². The maximum absolute atomic E-state index is 14.2. The number of halogens is 3. The monoisotopic (exact) mass is 492 g/mol. The van der Waals surface area contributed by atoms with Gasteiger partial charge in [-0.05, 0) is 73.5 Å². The summed E-state index contributed by atoms with van der Waals surface area (Å²) in [7, 11) is -3.84. The first kappa shape index (κ1) is 22.6. The minimum atomic E-state index is -3.84. The van der Waals surface area contributed by atoms with E-state index in [0.717, 1.165) is 12.8 Å². The van der Waals surface area contributed by atoms with Crippen LogP contribution in [0, 0.1) is 5.82 Å². The highest BCUT2D eigenvalue weighted by atomic mass is 35.5. The van der Waals surface area contributed by atoms with Gasteiger partial charge in [0.15, 0.2) is 0 Å². The van der Waals surface area contributed by atoms with Gasteiger partial charge in [0.25, 0.3) is 15.9 Å². The van der Waals surface area contributed by atoms with Crippen molar-refractivity contribution in [1.29, 1.82) is 0 Å². The summed E-state index contributed by atoms with van der Waals surface area (Å²) in [6.45, 7) is 0.0488. The molecule has 166 valence electrons. The average Bonchev–Trinajstić information content (AvgIpc) is 3.60.